The second kappa shape index (κ2) is 7.04. The van der Waals surface area contributed by atoms with Crippen LogP contribution in [0.3, 0.4) is 0 Å². The van der Waals surface area contributed by atoms with E-state index in [-0.39, 0.29) is 11.1 Å². The average Bonchev–Trinajstić information content (AvgIpc) is 2.52. The van der Waals surface area contributed by atoms with Gasteiger partial charge < -0.3 is 10.2 Å². The second-order valence-corrected chi connectivity index (χ2v) is 4.55. The van der Waals surface area contributed by atoms with E-state index >= 15 is 0 Å². The number of benzene rings is 2. The molecule has 0 aliphatic carbocycles. The molecule has 2 N–H and O–H groups in total. The van der Waals surface area contributed by atoms with E-state index in [9.17, 15) is 19.8 Å². The van der Waals surface area contributed by atoms with Crippen LogP contribution in [0.4, 0.5) is 0 Å². The Morgan fingerprint density at radius 3 is 1.23 bits per heavy atom. The zero-order valence-corrected chi connectivity index (χ0v) is 11.6. The van der Waals surface area contributed by atoms with Crippen molar-refractivity contribution in [2.45, 2.75) is 0 Å². The van der Waals surface area contributed by atoms with E-state index in [0.717, 1.165) is 0 Å². The Hall–Kier alpha value is -3.14. The molecule has 0 saturated carbocycles. The van der Waals surface area contributed by atoms with Crippen LogP contribution in [0.2, 0.25) is 0 Å². The summed E-state index contributed by atoms with van der Waals surface area (Å²) in [7, 11) is 0. The minimum absolute atomic E-state index is 0.262. The molecule has 2 aromatic carbocycles. The number of aliphatic carboxylic acids is 2. The van der Waals surface area contributed by atoms with E-state index in [1.807, 2.05) is 0 Å². The van der Waals surface area contributed by atoms with Crippen LogP contribution < -0.4 is 0 Å². The van der Waals surface area contributed by atoms with Gasteiger partial charge in [-0.1, -0.05) is 60.7 Å². The summed E-state index contributed by atoms with van der Waals surface area (Å²) in [6.07, 6.45) is 2.70. The van der Waals surface area contributed by atoms with Gasteiger partial charge in [-0.15, -0.1) is 0 Å². The third kappa shape index (κ3) is 3.93. The predicted octanol–water partition coefficient (Wildman–Crippen LogP) is 3.32. The van der Waals surface area contributed by atoms with Crippen LogP contribution in [0.5, 0.6) is 0 Å². The summed E-state index contributed by atoms with van der Waals surface area (Å²) in [5, 5.41) is 18.7. The molecule has 0 fully saturated rings. The van der Waals surface area contributed by atoms with Gasteiger partial charge in [0.2, 0.25) is 0 Å². The largest absolute Gasteiger partial charge is 0.478 e. The van der Waals surface area contributed by atoms with Gasteiger partial charge in [0.1, 0.15) is 0 Å². The highest BCUT2D eigenvalue weighted by Crippen LogP contribution is 2.19. The first-order chi connectivity index (χ1) is 10.6. The first-order valence-electron chi connectivity index (χ1n) is 6.58. The molecule has 0 amide bonds. The highest BCUT2D eigenvalue weighted by atomic mass is 16.4. The molecule has 0 unspecified atom stereocenters. The second-order valence-electron chi connectivity index (χ2n) is 4.55. The van der Waals surface area contributed by atoms with Gasteiger partial charge in [0.05, 0.1) is 11.1 Å². The van der Waals surface area contributed by atoms with Crippen molar-refractivity contribution >= 4 is 24.1 Å². The molecule has 0 atom stereocenters. The standard InChI is InChI=1S/C18H14O4/c19-17(20)15(11-13-7-3-1-4-8-13)16(18(21)22)12-14-9-5-2-6-10-14/h1-12H,(H,19,20)(H,21,22)/b15-11-,16-12+. The quantitative estimate of drug-likeness (QED) is 0.655. The Kier molecular flexibility index (Phi) is 4.88. The molecule has 2 rings (SSSR count). The molecule has 0 spiro atoms. The molecule has 0 aliphatic rings. The number of hydrogen-bond acceptors (Lipinski definition) is 2. The van der Waals surface area contributed by atoms with E-state index in [1.54, 1.807) is 60.7 Å². The van der Waals surface area contributed by atoms with Crippen molar-refractivity contribution in [1.82, 2.24) is 0 Å². The van der Waals surface area contributed by atoms with Crippen LogP contribution in [0, 0.1) is 0 Å². The first-order valence-corrected chi connectivity index (χ1v) is 6.58. The van der Waals surface area contributed by atoms with Crippen molar-refractivity contribution in [3.63, 3.8) is 0 Å². The molecular weight excluding hydrogens is 280 g/mol. The molecule has 0 bridgehead atoms. The van der Waals surface area contributed by atoms with E-state index in [0.29, 0.717) is 11.1 Å². The fourth-order valence-electron chi connectivity index (χ4n) is 1.94. The van der Waals surface area contributed by atoms with Gasteiger partial charge in [0.25, 0.3) is 0 Å². The molecule has 0 saturated heterocycles. The lowest BCUT2D eigenvalue weighted by Crippen LogP contribution is -2.11. The SMILES string of the molecule is O=C(O)C(=C\c1ccccc1)/C(=C\c1ccccc1)C(=O)O. The maximum atomic E-state index is 11.5. The Balaban J connectivity index is 2.52. The summed E-state index contributed by atoms with van der Waals surface area (Å²) in [6, 6.07) is 17.5. The predicted molar refractivity (Wildman–Crippen MR) is 84.1 cm³/mol. The lowest BCUT2D eigenvalue weighted by atomic mass is 10.0. The van der Waals surface area contributed by atoms with Crippen LogP contribution in [0.1, 0.15) is 11.1 Å². The van der Waals surface area contributed by atoms with Gasteiger partial charge >= 0.3 is 11.9 Å². The van der Waals surface area contributed by atoms with Crippen molar-refractivity contribution in [2.24, 2.45) is 0 Å². The van der Waals surface area contributed by atoms with Gasteiger partial charge in [-0.3, -0.25) is 0 Å². The van der Waals surface area contributed by atoms with Crippen molar-refractivity contribution in [2.75, 3.05) is 0 Å². The molecule has 110 valence electrons. The minimum atomic E-state index is -1.28. The molecule has 22 heavy (non-hydrogen) atoms. The summed E-state index contributed by atoms with van der Waals surface area (Å²) in [4.78, 5) is 22.9. The highest BCUT2D eigenvalue weighted by molar-refractivity contribution is 6.11. The molecular formula is C18H14O4. The van der Waals surface area contributed by atoms with Crippen LogP contribution >= 0.6 is 0 Å². The number of carbonyl (C=O) groups is 2. The van der Waals surface area contributed by atoms with E-state index in [2.05, 4.69) is 0 Å². The van der Waals surface area contributed by atoms with Gasteiger partial charge in [-0.25, -0.2) is 9.59 Å². The third-order valence-corrected chi connectivity index (χ3v) is 2.97. The van der Waals surface area contributed by atoms with Crippen molar-refractivity contribution < 1.29 is 19.8 Å². The molecule has 4 nitrogen and oxygen atoms in total. The maximum Gasteiger partial charge on any atom is 0.336 e. The smallest absolute Gasteiger partial charge is 0.336 e. The monoisotopic (exact) mass is 294 g/mol. The van der Waals surface area contributed by atoms with E-state index in [4.69, 9.17) is 0 Å². The topological polar surface area (TPSA) is 74.6 Å². The van der Waals surface area contributed by atoms with E-state index in [1.165, 1.54) is 12.2 Å². The fraction of sp³-hybridized carbons (Fsp3) is 0. The summed E-state index contributed by atoms with van der Waals surface area (Å²) in [5.41, 5.74) is 0.727. The number of carboxylic acids is 2. The minimum Gasteiger partial charge on any atom is -0.478 e. The third-order valence-electron chi connectivity index (χ3n) is 2.97. The molecule has 0 radical (unpaired) electrons. The Morgan fingerprint density at radius 1 is 0.636 bits per heavy atom. The normalized spacial score (nSPS) is 12.0. The summed E-state index contributed by atoms with van der Waals surface area (Å²) in [5.74, 6) is -2.57. The fourth-order valence-corrected chi connectivity index (χ4v) is 1.94. The van der Waals surface area contributed by atoms with Crippen molar-refractivity contribution in [3.05, 3.63) is 82.9 Å². The highest BCUT2D eigenvalue weighted by Gasteiger charge is 2.19. The van der Waals surface area contributed by atoms with Crippen molar-refractivity contribution in [1.29, 1.82) is 0 Å². The van der Waals surface area contributed by atoms with Crippen LogP contribution in [-0.4, -0.2) is 22.2 Å². The Bertz CT molecular complexity index is 663. The van der Waals surface area contributed by atoms with Gasteiger partial charge in [-0.2, -0.15) is 0 Å². The average molecular weight is 294 g/mol. The first kappa shape index (κ1) is 15.3. The lowest BCUT2D eigenvalue weighted by Gasteiger charge is -2.05. The van der Waals surface area contributed by atoms with Crippen LogP contribution in [0.25, 0.3) is 12.2 Å². The summed E-state index contributed by atoms with van der Waals surface area (Å²) < 4.78 is 0. The maximum absolute atomic E-state index is 11.5. The van der Waals surface area contributed by atoms with Gasteiger partial charge in [0.15, 0.2) is 0 Å². The number of hydrogen-bond donors (Lipinski definition) is 2. The molecule has 4 heteroatoms. The number of carboxylic acid groups (broad SMARTS) is 2. The molecule has 0 aliphatic heterocycles. The summed E-state index contributed by atoms with van der Waals surface area (Å²) >= 11 is 0. The summed E-state index contributed by atoms with van der Waals surface area (Å²) in [6.45, 7) is 0. The van der Waals surface area contributed by atoms with Crippen LogP contribution in [-0.2, 0) is 9.59 Å². The van der Waals surface area contributed by atoms with Crippen molar-refractivity contribution in [3.8, 4) is 0 Å². The van der Waals surface area contributed by atoms with Gasteiger partial charge in [0, 0.05) is 0 Å². The zero-order valence-electron chi connectivity index (χ0n) is 11.6. The van der Waals surface area contributed by atoms with Crippen LogP contribution in [0.15, 0.2) is 71.8 Å². The van der Waals surface area contributed by atoms with E-state index < -0.39 is 11.9 Å². The molecule has 0 heterocycles. The van der Waals surface area contributed by atoms with Gasteiger partial charge in [-0.05, 0) is 23.3 Å². The Morgan fingerprint density at radius 2 is 0.955 bits per heavy atom. The number of rotatable bonds is 5. The molecule has 2 aromatic rings. The zero-order chi connectivity index (χ0) is 15.9. The Labute approximate surface area is 127 Å². The lowest BCUT2D eigenvalue weighted by molar-refractivity contribution is -0.136. The molecule has 0 aromatic heterocycles.